The van der Waals surface area contributed by atoms with Crippen LogP contribution in [-0.2, 0) is 12.7 Å². The Hall–Kier alpha value is -1.58. The van der Waals surface area contributed by atoms with Gasteiger partial charge in [-0.3, -0.25) is 4.40 Å². The lowest BCUT2D eigenvalue weighted by atomic mass is 10.3. The van der Waals surface area contributed by atoms with Crippen LogP contribution in [0.15, 0.2) is 40.0 Å². The van der Waals surface area contributed by atoms with Gasteiger partial charge in [-0.25, -0.2) is 9.97 Å². The highest BCUT2D eigenvalue weighted by atomic mass is 32.2. The van der Waals surface area contributed by atoms with E-state index in [2.05, 4.69) is 9.97 Å². The molecule has 4 nitrogen and oxygen atoms in total. The zero-order valence-electron chi connectivity index (χ0n) is 10.5. The molecule has 2 N–H and O–H groups in total. The van der Waals surface area contributed by atoms with E-state index >= 15 is 0 Å². The second-order valence-corrected chi connectivity index (χ2v) is 5.99. The Labute approximate surface area is 125 Å². The van der Waals surface area contributed by atoms with E-state index in [1.165, 1.54) is 29.2 Å². The van der Waals surface area contributed by atoms with E-state index in [1.54, 1.807) is 0 Å². The maximum absolute atomic E-state index is 12.5. The number of rotatable bonds is 3. The van der Waals surface area contributed by atoms with Crippen molar-refractivity contribution in [2.45, 2.75) is 22.8 Å². The van der Waals surface area contributed by atoms with Crippen molar-refractivity contribution in [2.75, 3.05) is 0 Å². The summed E-state index contributed by atoms with van der Waals surface area (Å²) < 4.78 is 39.3. The van der Waals surface area contributed by atoms with Crippen LogP contribution in [0.2, 0.25) is 0 Å². The van der Waals surface area contributed by atoms with Crippen molar-refractivity contribution in [1.82, 2.24) is 14.4 Å². The summed E-state index contributed by atoms with van der Waals surface area (Å²) in [5.74, 6) is 0. The molecular weight excluding hydrogens is 321 g/mol. The molecule has 0 aliphatic heterocycles. The first-order valence-electron chi connectivity index (χ1n) is 5.84. The number of pyridine rings is 1. The summed E-state index contributed by atoms with van der Waals surface area (Å²) in [6.07, 6.45) is -1.70. The van der Waals surface area contributed by atoms with E-state index in [0.717, 1.165) is 22.9 Å². The third-order valence-corrected chi connectivity index (χ3v) is 4.51. The monoisotopic (exact) mass is 330 g/mol. The molecule has 0 aliphatic carbocycles. The normalized spacial score (nSPS) is 12.2. The lowest BCUT2D eigenvalue weighted by Crippen LogP contribution is -2.05. The topological polar surface area (TPSA) is 56.2 Å². The van der Waals surface area contributed by atoms with Crippen LogP contribution in [0.25, 0.3) is 4.96 Å². The van der Waals surface area contributed by atoms with E-state index in [9.17, 15) is 13.2 Å². The van der Waals surface area contributed by atoms with Gasteiger partial charge in [-0.2, -0.15) is 13.2 Å². The van der Waals surface area contributed by atoms with E-state index in [-0.39, 0.29) is 0 Å². The molecular formula is C12H9F3N4S2. The number of nitrogens with zero attached hydrogens (tertiary/aromatic N) is 3. The van der Waals surface area contributed by atoms with Crippen LogP contribution >= 0.6 is 23.1 Å². The summed E-state index contributed by atoms with van der Waals surface area (Å²) in [6.45, 7) is 0.293. The van der Waals surface area contributed by atoms with Gasteiger partial charge in [-0.05, 0) is 23.9 Å². The highest BCUT2D eigenvalue weighted by Crippen LogP contribution is 2.33. The zero-order chi connectivity index (χ0) is 15.0. The molecule has 0 amide bonds. The number of imidazole rings is 1. The Morgan fingerprint density at radius 3 is 2.76 bits per heavy atom. The van der Waals surface area contributed by atoms with E-state index in [0.29, 0.717) is 16.6 Å². The predicted octanol–water partition coefficient (Wildman–Crippen LogP) is 3.42. The number of hydrogen-bond acceptors (Lipinski definition) is 5. The van der Waals surface area contributed by atoms with E-state index in [4.69, 9.17) is 5.73 Å². The molecule has 110 valence electrons. The summed E-state index contributed by atoms with van der Waals surface area (Å²) in [4.78, 5) is 9.04. The first kappa shape index (κ1) is 14.4. The number of halogens is 3. The van der Waals surface area contributed by atoms with Crippen LogP contribution in [0, 0.1) is 0 Å². The summed E-state index contributed by atoms with van der Waals surface area (Å²) in [7, 11) is 0. The zero-order valence-corrected chi connectivity index (χ0v) is 12.1. The Morgan fingerprint density at radius 1 is 1.33 bits per heavy atom. The molecule has 0 fully saturated rings. The van der Waals surface area contributed by atoms with Crippen LogP contribution in [0.3, 0.4) is 0 Å². The predicted molar refractivity (Wildman–Crippen MR) is 74.3 cm³/mol. The number of thiazole rings is 1. The summed E-state index contributed by atoms with van der Waals surface area (Å²) >= 11 is 2.67. The third kappa shape index (κ3) is 2.76. The minimum Gasteiger partial charge on any atom is -0.325 e. The van der Waals surface area contributed by atoms with Crippen molar-refractivity contribution in [3.05, 3.63) is 41.2 Å². The lowest BCUT2D eigenvalue weighted by Gasteiger charge is -2.06. The molecule has 0 spiro atoms. The Balaban J connectivity index is 1.89. The standard InChI is InChI=1S/C12H9F3N4S2/c13-12(14,15)7-1-2-9(17-6-7)21-10-8(5-16)19-3-4-20-11(19)18-10/h1-4,6H,5,16H2. The highest BCUT2D eigenvalue weighted by Gasteiger charge is 2.30. The summed E-state index contributed by atoms with van der Waals surface area (Å²) in [6, 6.07) is 2.34. The minimum absolute atomic E-state index is 0.293. The number of fused-ring (bicyclic) bond motifs is 1. The maximum atomic E-state index is 12.5. The van der Waals surface area contributed by atoms with Crippen LogP contribution in [0.4, 0.5) is 13.2 Å². The van der Waals surface area contributed by atoms with Gasteiger partial charge in [-0.15, -0.1) is 11.3 Å². The first-order valence-corrected chi connectivity index (χ1v) is 7.54. The Kier molecular flexibility index (Phi) is 3.64. The molecule has 9 heteroatoms. The number of aromatic nitrogens is 3. The quantitative estimate of drug-likeness (QED) is 0.799. The molecule has 3 rings (SSSR count). The third-order valence-electron chi connectivity index (χ3n) is 2.78. The van der Waals surface area contributed by atoms with Crippen LogP contribution in [0.5, 0.6) is 0 Å². The summed E-state index contributed by atoms with van der Waals surface area (Å²) in [5.41, 5.74) is 5.77. The highest BCUT2D eigenvalue weighted by molar-refractivity contribution is 7.99. The van der Waals surface area contributed by atoms with Crippen molar-refractivity contribution >= 4 is 28.1 Å². The van der Waals surface area contributed by atoms with Gasteiger partial charge in [0.1, 0.15) is 10.1 Å². The number of hydrogen-bond donors (Lipinski definition) is 1. The number of alkyl halides is 3. The molecule has 21 heavy (non-hydrogen) atoms. The van der Waals surface area contributed by atoms with E-state index < -0.39 is 11.7 Å². The van der Waals surface area contributed by atoms with Crippen LogP contribution in [-0.4, -0.2) is 14.4 Å². The van der Waals surface area contributed by atoms with Gasteiger partial charge >= 0.3 is 6.18 Å². The van der Waals surface area contributed by atoms with Gasteiger partial charge < -0.3 is 5.73 Å². The van der Waals surface area contributed by atoms with Gasteiger partial charge in [0.05, 0.1) is 11.3 Å². The molecule has 0 unspecified atom stereocenters. The average molecular weight is 330 g/mol. The van der Waals surface area contributed by atoms with Crippen molar-refractivity contribution in [1.29, 1.82) is 0 Å². The molecule has 0 bridgehead atoms. The minimum atomic E-state index is -4.38. The molecule has 3 heterocycles. The van der Waals surface area contributed by atoms with Crippen molar-refractivity contribution in [3.63, 3.8) is 0 Å². The van der Waals surface area contributed by atoms with Crippen molar-refractivity contribution in [3.8, 4) is 0 Å². The van der Waals surface area contributed by atoms with Gasteiger partial charge in [0.2, 0.25) is 0 Å². The molecule has 0 radical (unpaired) electrons. The molecule has 3 aromatic heterocycles. The van der Waals surface area contributed by atoms with Gasteiger partial charge in [0.25, 0.3) is 0 Å². The fourth-order valence-corrected chi connectivity index (χ4v) is 3.45. The second-order valence-electron chi connectivity index (χ2n) is 4.11. The largest absolute Gasteiger partial charge is 0.417 e. The molecule has 3 aromatic rings. The van der Waals surface area contributed by atoms with Crippen molar-refractivity contribution < 1.29 is 13.2 Å². The molecule has 0 saturated carbocycles. The fraction of sp³-hybridized carbons (Fsp3) is 0.167. The summed E-state index contributed by atoms with van der Waals surface area (Å²) in [5, 5.41) is 3.01. The first-order chi connectivity index (χ1) is 9.99. The fourth-order valence-electron chi connectivity index (χ4n) is 1.79. The van der Waals surface area contributed by atoms with Gasteiger partial charge in [0.15, 0.2) is 4.96 Å². The second kappa shape index (κ2) is 5.32. The van der Waals surface area contributed by atoms with Crippen LogP contribution in [0.1, 0.15) is 11.3 Å². The lowest BCUT2D eigenvalue weighted by molar-refractivity contribution is -0.137. The van der Waals surface area contributed by atoms with E-state index in [1.807, 2.05) is 16.0 Å². The molecule has 0 aromatic carbocycles. The molecule has 0 atom stereocenters. The smallest absolute Gasteiger partial charge is 0.325 e. The van der Waals surface area contributed by atoms with Crippen LogP contribution < -0.4 is 5.73 Å². The van der Waals surface area contributed by atoms with Crippen molar-refractivity contribution in [2.24, 2.45) is 5.73 Å². The SMILES string of the molecule is NCc1c(Sc2ccc(C(F)(F)F)cn2)nc2sccn12. The Morgan fingerprint density at radius 2 is 2.14 bits per heavy atom. The van der Waals surface area contributed by atoms with Gasteiger partial charge in [0, 0.05) is 24.3 Å². The average Bonchev–Trinajstić information content (AvgIpc) is 2.98. The maximum Gasteiger partial charge on any atom is 0.417 e. The van der Waals surface area contributed by atoms with Gasteiger partial charge in [-0.1, -0.05) is 0 Å². The Bertz CT molecular complexity index is 761. The molecule has 0 saturated heterocycles. The molecule has 0 aliphatic rings. The number of nitrogens with two attached hydrogens (primary N) is 1.